The van der Waals surface area contributed by atoms with Gasteiger partial charge in [0.2, 0.25) is 5.76 Å². The Hall–Kier alpha value is -1.69. The summed E-state index contributed by atoms with van der Waals surface area (Å²) < 4.78 is 15.4. The topological polar surface area (TPSA) is 74.2 Å². The van der Waals surface area contributed by atoms with Gasteiger partial charge in [0, 0.05) is 18.6 Å². The molecule has 0 spiro atoms. The predicted octanol–water partition coefficient (Wildman–Crippen LogP) is 1.54. The molecule has 0 N–H and O–H groups in total. The summed E-state index contributed by atoms with van der Waals surface area (Å²) in [5.74, 6) is 1.81. The number of hydrogen-bond acceptors (Lipinski definition) is 6. The molecule has 1 aliphatic heterocycles. The van der Waals surface area contributed by atoms with E-state index >= 15 is 0 Å². The smallest absolute Gasteiger partial charge is 0.296 e. The maximum absolute atomic E-state index is 5.27. The van der Waals surface area contributed by atoms with Crippen molar-refractivity contribution in [1.82, 2.24) is 15.3 Å². The Morgan fingerprint density at radius 2 is 2.25 bits per heavy atom. The molecule has 6 nitrogen and oxygen atoms in total. The molecule has 2 aromatic heterocycles. The van der Waals surface area contributed by atoms with Gasteiger partial charge in [-0.3, -0.25) is 0 Å². The van der Waals surface area contributed by atoms with Crippen molar-refractivity contribution >= 4 is 0 Å². The minimum atomic E-state index is 0.238. The number of hydrogen-bond donors (Lipinski definition) is 0. The summed E-state index contributed by atoms with van der Waals surface area (Å²) in [7, 11) is 0. The van der Waals surface area contributed by atoms with E-state index in [1.54, 1.807) is 6.07 Å². The second kappa shape index (κ2) is 3.71. The summed E-state index contributed by atoms with van der Waals surface area (Å²) in [5, 5.41) is 7.70. The molecule has 3 heterocycles. The third kappa shape index (κ3) is 1.61. The summed E-state index contributed by atoms with van der Waals surface area (Å²) in [6.45, 7) is 3.26. The lowest BCUT2D eigenvalue weighted by molar-refractivity contribution is 0.192. The van der Waals surface area contributed by atoms with E-state index in [0.29, 0.717) is 24.1 Å². The van der Waals surface area contributed by atoms with Gasteiger partial charge in [0.1, 0.15) is 0 Å². The fraction of sp³-hybridized carbons (Fsp3) is 0.500. The zero-order valence-corrected chi connectivity index (χ0v) is 8.84. The van der Waals surface area contributed by atoms with Gasteiger partial charge in [0.15, 0.2) is 5.82 Å². The molecular weight excluding hydrogens is 210 g/mol. The summed E-state index contributed by atoms with van der Waals surface area (Å²) in [5.41, 5.74) is 0.791. The average Bonchev–Trinajstić information content (AvgIpc) is 2.97. The van der Waals surface area contributed by atoms with Gasteiger partial charge in [-0.25, -0.2) is 0 Å². The monoisotopic (exact) mass is 221 g/mol. The Labute approximate surface area is 91.6 Å². The SMILES string of the molecule is Cc1cc(-c2nc([C@H]3CCOC3)no2)on1. The van der Waals surface area contributed by atoms with Gasteiger partial charge >= 0.3 is 0 Å². The number of aryl methyl sites for hydroxylation is 1. The molecule has 6 heteroatoms. The van der Waals surface area contributed by atoms with Crippen molar-refractivity contribution in [3.8, 4) is 11.7 Å². The lowest BCUT2D eigenvalue weighted by Gasteiger charge is -1.97. The minimum absolute atomic E-state index is 0.238. The standard InChI is InChI=1S/C10H11N3O3/c1-6-4-8(15-12-6)10-11-9(13-16-10)7-2-3-14-5-7/h4,7H,2-3,5H2,1H3/t7-/m0/s1. The molecular formula is C10H11N3O3. The molecule has 2 aromatic rings. The Balaban J connectivity index is 1.87. The Morgan fingerprint density at radius 1 is 1.31 bits per heavy atom. The molecule has 1 atom stereocenters. The zero-order chi connectivity index (χ0) is 11.0. The van der Waals surface area contributed by atoms with Crippen molar-refractivity contribution in [2.75, 3.05) is 13.2 Å². The maximum atomic E-state index is 5.27. The van der Waals surface area contributed by atoms with Crippen LogP contribution in [0.25, 0.3) is 11.7 Å². The van der Waals surface area contributed by atoms with Gasteiger partial charge < -0.3 is 13.8 Å². The first kappa shape index (κ1) is 9.53. The van der Waals surface area contributed by atoms with E-state index in [1.807, 2.05) is 6.92 Å². The van der Waals surface area contributed by atoms with E-state index in [9.17, 15) is 0 Å². The highest BCUT2D eigenvalue weighted by Gasteiger charge is 2.24. The van der Waals surface area contributed by atoms with Crippen LogP contribution in [0.3, 0.4) is 0 Å². The van der Waals surface area contributed by atoms with E-state index in [1.165, 1.54) is 0 Å². The highest BCUT2D eigenvalue weighted by molar-refractivity contribution is 5.43. The predicted molar refractivity (Wildman–Crippen MR) is 52.7 cm³/mol. The van der Waals surface area contributed by atoms with Crippen molar-refractivity contribution < 1.29 is 13.8 Å². The molecule has 1 saturated heterocycles. The van der Waals surface area contributed by atoms with E-state index < -0.39 is 0 Å². The van der Waals surface area contributed by atoms with Crippen LogP contribution in [0.15, 0.2) is 15.1 Å². The quantitative estimate of drug-likeness (QED) is 0.765. The molecule has 0 bridgehead atoms. The summed E-state index contributed by atoms with van der Waals surface area (Å²) in [4.78, 5) is 4.28. The molecule has 16 heavy (non-hydrogen) atoms. The normalized spacial score (nSPS) is 20.4. The van der Waals surface area contributed by atoms with Crippen LogP contribution in [-0.4, -0.2) is 28.5 Å². The van der Waals surface area contributed by atoms with Crippen LogP contribution in [-0.2, 0) is 4.74 Å². The largest absolute Gasteiger partial charge is 0.381 e. The van der Waals surface area contributed by atoms with Gasteiger partial charge in [0.05, 0.1) is 12.3 Å². The molecule has 0 radical (unpaired) electrons. The van der Waals surface area contributed by atoms with Crippen LogP contribution >= 0.6 is 0 Å². The summed E-state index contributed by atoms with van der Waals surface area (Å²) in [6, 6.07) is 1.77. The molecule has 1 aliphatic rings. The van der Waals surface area contributed by atoms with Gasteiger partial charge in [-0.05, 0) is 13.3 Å². The van der Waals surface area contributed by atoms with Gasteiger partial charge in [0.25, 0.3) is 5.89 Å². The third-order valence-electron chi connectivity index (χ3n) is 2.58. The van der Waals surface area contributed by atoms with E-state index in [-0.39, 0.29) is 5.92 Å². The van der Waals surface area contributed by atoms with Crippen molar-refractivity contribution in [2.24, 2.45) is 0 Å². The average molecular weight is 221 g/mol. The highest BCUT2D eigenvalue weighted by atomic mass is 16.5. The number of aromatic nitrogens is 3. The lowest BCUT2D eigenvalue weighted by Crippen LogP contribution is -1.99. The van der Waals surface area contributed by atoms with Crippen molar-refractivity contribution in [1.29, 1.82) is 0 Å². The first-order valence-electron chi connectivity index (χ1n) is 5.18. The molecule has 0 unspecified atom stereocenters. The number of rotatable bonds is 2. The third-order valence-corrected chi connectivity index (χ3v) is 2.58. The molecule has 0 aliphatic carbocycles. The zero-order valence-electron chi connectivity index (χ0n) is 8.84. The Morgan fingerprint density at radius 3 is 2.94 bits per heavy atom. The Kier molecular flexibility index (Phi) is 2.21. The second-order valence-electron chi connectivity index (χ2n) is 3.85. The van der Waals surface area contributed by atoms with Crippen molar-refractivity contribution in [2.45, 2.75) is 19.3 Å². The van der Waals surface area contributed by atoms with Crippen molar-refractivity contribution in [3.63, 3.8) is 0 Å². The van der Waals surface area contributed by atoms with Crippen LogP contribution in [0.1, 0.15) is 23.9 Å². The first-order valence-corrected chi connectivity index (χ1v) is 5.18. The number of nitrogens with zero attached hydrogens (tertiary/aromatic N) is 3. The molecule has 1 fully saturated rings. The first-order chi connectivity index (χ1) is 7.83. The summed E-state index contributed by atoms with van der Waals surface area (Å²) >= 11 is 0. The van der Waals surface area contributed by atoms with Gasteiger partial charge in [-0.1, -0.05) is 10.3 Å². The van der Waals surface area contributed by atoms with E-state index in [0.717, 1.165) is 18.7 Å². The maximum Gasteiger partial charge on any atom is 0.296 e. The molecule has 0 saturated carbocycles. The van der Waals surface area contributed by atoms with Gasteiger partial charge in [-0.15, -0.1) is 0 Å². The Bertz CT molecular complexity index is 485. The van der Waals surface area contributed by atoms with Crippen molar-refractivity contribution in [3.05, 3.63) is 17.6 Å². The molecule has 84 valence electrons. The lowest BCUT2D eigenvalue weighted by atomic mass is 10.1. The highest BCUT2D eigenvalue weighted by Crippen LogP contribution is 2.25. The fourth-order valence-electron chi connectivity index (χ4n) is 1.70. The number of ether oxygens (including phenoxy) is 1. The van der Waals surface area contributed by atoms with Crippen LogP contribution in [0.4, 0.5) is 0 Å². The second-order valence-corrected chi connectivity index (χ2v) is 3.85. The van der Waals surface area contributed by atoms with Crippen LogP contribution < -0.4 is 0 Å². The van der Waals surface area contributed by atoms with E-state index in [2.05, 4.69) is 15.3 Å². The molecule has 0 aromatic carbocycles. The molecule has 3 rings (SSSR count). The van der Waals surface area contributed by atoms with Crippen LogP contribution in [0.5, 0.6) is 0 Å². The summed E-state index contributed by atoms with van der Waals surface area (Å²) in [6.07, 6.45) is 0.939. The van der Waals surface area contributed by atoms with Crippen LogP contribution in [0, 0.1) is 6.92 Å². The minimum Gasteiger partial charge on any atom is -0.381 e. The fourth-order valence-corrected chi connectivity index (χ4v) is 1.70. The van der Waals surface area contributed by atoms with Crippen LogP contribution in [0.2, 0.25) is 0 Å². The molecule has 0 amide bonds. The van der Waals surface area contributed by atoms with E-state index in [4.69, 9.17) is 13.8 Å². The van der Waals surface area contributed by atoms with Gasteiger partial charge in [-0.2, -0.15) is 4.98 Å².